The largest absolute Gasteiger partial charge is 0.396 e. The molecule has 1 aromatic heterocycles. The normalized spacial score (nSPS) is 24.6. The summed E-state index contributed by atoms with van der Waals surface area (Å²) in [5, 5.41) is 12.7. The monoisotopic (exact) mass is 299 g/mol. The highest BCUT2D eigenvalue weighted by molar-refractivity contribution is 9.10. The molecule has 2 atom stereocenters. The van der Waals surface area contributed by atoms with Gasteiger partial charge in [0.15, 0.2) is 0 Å². The molecule has 1 aromatic rings. The third-order valence-electron chi connectivity index (χ3n) is 3.35. The summed E-state index contributed by atoms with van der Waals surface area (Å²) in [5.41, 5.74) is 6.55. The molecule has 1 heterocycles. The summed E-state index contributed by atoms with van der Waals surface area (Å²) in [6.07, 6.45) is 6.28. The zero-order valence-electron chi connectivity index (χ0n) is 9.69. The number of pyridine rings is 1. The van der Waals surface area contributed by atoms with Crippen molar-refractivity contribution >= 4 is 27.4 Å². The van der Waals surface area contributed by atoms with E-state index in [2.05, 4.69) is 26.2 Å². The maximum Gasteiger partial charge on any atom is 0.149 e. The minimum atomic E-state index is 0.230. The molecule has 0 bridgehead atoms. The van der Waals surface area contributed by atoms with Crippen molar-refractivity contribution in [3.05, 3.63) is 16.7 Å². The van der Waals surface area contributed by atoms with Crippen LogP contribution in [0.25, 0.3) is 0 Å². The number of halogens is 1. The number of nitrogens with two attached hydrogens (primary N) is 1. The molecular formula is C12H18BrN3O. The average Bonchev–Trinajstić information content (AvgIpc) is 2.33. The van der Waals surface area contributed by atoms with Gasteiger partial charge >= 0.3 is 0 Å². The second-order valence-corrected chi connectivity index (χ2v) is 5.48. The second-order valence-electron chi connectivity index (χ2n) is 4.57. The highest BCUT2D eigenvalue weighted by atomic mass is 79.9. The second kappa shape index (κ2) is 5.69. The van der Waals surface area contributed by atoms with Crippen LogP contribution in [0.3, 0.4) is 0 Å². The summed E-state index contributed by atoms with van der Waals surface area (Å²) in [7, 11) is 0. The molecule has 1 saturated carbocycles. The standard InChI is InChI=1S/C12H18BrN3O/c13-9-5-10(14)12(15-6-9)16-11-4-2-1-3-8(11)7-17/h5-6,8,11,17H,1-4,7,14H2,(H,15,16). The van der Waals surface area contributed by atoms with E-state index in [-0.39, 0.29) is 12.6 Å². The van der Waals surface area contributed by atoms with Crippen molar-refractivity contribution in [1.82, 2.24) is 4.98 Å². The van der Waals surface area contributed by atoms with Crippen LogP contribution in [-0.4, -0.2) is 22.7 Å². The van der Waals surface area contributed by atoms with Crippen LogP contribution < -0.4 is 11.1 Å². The third kappa shape index (κ3) is 3.10. The van der Waals surface area contributed by atoms with Crippen molar-refractivity contribution in [3.63, 3.8) is 0 Å². The lowest BCUT2D eigenvalue weighted by Gasteiger charge is -2.31. The van der Waals surface area contributed by atoms with E-state index in [0.29, 0.717) is 11.6 Å². The van der Waals surface area contributed by atoms with E-state index in [1.807, 2.05) is 6.07 Å². The molecule has 1 aliphatic rings. The van der Waals surface area contributed by atoms with Gasteiger partial charge in [0.1, 0.15) is 5.82 Å². The van der Waals surface area contributed by atoms with Gasteiger partial charge in [-0.1, -0.05) is 12.8 Å². The summed E-state index contributed by atoms with van der Waals surface area (Å²) in [6.45, 7) is 0.230. The molecule has 0 saturated heterocycles. The number of aromatic nitrogens is 1. The fourth-order valence-corrected chi connectivity index (χ4v) is 2.72. The Labute approximate surface area is 110 Å². The molecule has 0 amide bonds. The SMILES string of the molecule is Nc1cc(Br)cnc1NC1CCCCC1CO. The summed E-state index contributed by atoms with van der Waals surface area (Å²) in [4.78, 5) is 4.28. The van der Waals surface area contributed by atoms with Crippen molar-refractivity contribution in [3.8, 4) is 0 Å². The topological polar surface area (TPSA) is 71.2 Å². The van der Waals surface area contributed by atoms with Gasteiger partial charge < -0.3 is 16.2 Å². The number of aliphatic hydroxyl groups is 1. The predicted molar refractivity (Wildman–Crippen MR) is 72.8 cm³/mol. The Morgan fingerprint density at radius 1 is 1.47 bits per heavy atom. The van der Waals surface area contributed by atoms with Gasteiger partial charge in [-0.15, -0.1) is 0 Å². The van der Waals surface area contributed by atoms with Gasteiger partial charge in [0.05, 0.1) is 5.69 Å². The van der Waals surface area contributed by atoms with E-state index in [9.17, 15) is 5.11 Å². The van der Waals surface area contributed by atoms with E-state index in [4.69, 9.17) is 5.73 Å². The molecular weight excluding hydrogens is 282 g/mol. The molecule has 0 radical (unpaired) electrons. The van der Waals surface area contributed by atoms with Crippen LogP contribution in [0.15, 0.2) is 16.7 Å². The Balaban J connectivity index is 2.08. The number of nitrogen functional groups attached to an aromatic ring is 1. The summed E-state index contributed by atoms with van der Waals surface area (Å²) < 4.78 is 0.878. The van der Waals surface area contributed by atoms with Crippen LogP contribution in [0, 0.1) is 5.92 Å². The van der Waals surface area contributed by atoms with Crippen molar-refractivity contribution in [2.45, 2.75) is 31.7 Å². The summed E-state index contributed by atoms with van der Waals surface area (Å²) >= 11 is 3.34. The first-order valence-corrected chi connectivity index (χ1v) is 6.78. The number of nitrogens with one attached hydrogen (secondary N) is 1. The van der Waals surface area contributed by atoms with Crippen LogP contribution in [0.4, 0.5) is 11.5 Å². The lowest BCUT2D eigenvalue weighted by Crippen LogP contribution is -2.34. The Morgan fingerprint density at radius 3 is 2.94 bits per heavy atom. The number of anilines is 2. The molecule has 1 fully saturated rings. The first-order valence-electron chi connectivity index (χ1n) is 5.99. The molecule has 0 aliphatic heterocycles. The maximum atomic E-state index is 9.35. The van der Waals surface area contributed by atoms with Crippen LogP contribution in [0.5, 0.6) is 0 Å². The Morgan fingerprint density at radius 2 is 2.24 bits per heavy atom. The lowest BCUT2D eigenvalue weighted by molar-refractivity contribution is 0.178. The van der Waals surface area contributed by atoms with Gasteiger partial charge in [-0.2, -0.15) is 0 Å². The van der Waals surface area contributed by atoms with Gasteiger partial charge in [0.2, 0.25) is 0 Å². The summed E-state index contributed by atoms with van der Waals surface area (Å²) in [5.74, 6) is 1.03. The van der Waals surface area contributed by atoms with E-state index in [1.165, 1.54) is 12.8 Å². The molecule has 4 nitrogen and oxygen atoms in total. The maximum absolute atomic E-state index is 9.35. The minimum absolute atomic E-state index is 0.230. The molecule has 5 heteroatoms. The number of nitrogens with zero attached hydrogens (tertiary/aromatic N) is 1. The molecule has 0 spiro atoms. The van der Waals surface area contributed by atoms with E-state index in [1.54, 1.807) is 6.20 Å². The quantitative estimate of drug-likeness (QED) is 0.801. The van der Waals surface area contributed by atoms with Crippen molar-refractivity contribution in [2.24, 2.45) is 5.92 Å². The van der Waals surface area contributed by atoms with Gasteiger partial charge in [-0.25, -0.2) is 4.98 Å². The smallest absolute Gasteiger partial charge is 0.149 e. The van der Waals surface area contributed by atoms with Crippen molar-refractivity contribution in [2.75, 3.05) is 17.7 Å². The van der Waals surface area contributed by atoms with Gasteiger partial charge in [0, 0.05) is 29.2 Å². The lowest BCUT2D eigenvalue weighted by atomic mass is 9.85. The number of rotatable bonds is 3. The third-order valence-corrected chi connectivity index (χ3v) is 3.78. The number of hydrogen-bond donors (Lipinski definition) is 3. The van der Waals surface area contributed by atoms with Crippen LogP contribution in [-0.2, 0) is 0 Å². The molecule has 94 valence electrons. The Bertz CT molecular complexity index is 386. The molecule has 2 unspecified atom stereocenters. The predicted octanol–water partition coefficient (Wildman–Crippen LogP) is 2.39. The van der Waals surface area contributed by atoms with Crippen molar-refractivity contribution in [1.29, 1.82) is 0 Å². The number of aliphatic hydroxyl groups excluding tert-OH is 1. The first-order chi connectivity index (χ1) is 8.20. The van der Waals surface area contributed by atoms with E-state index >= 15 is 0 Å². The van der Waals surface area contributed by atoms with Crippen molar-refractivity contribution < 1.29 is 5.11 Å². The first kappa shape index (κ1) is 12.6. The van der Waals surface area contributed by atoms with E-state index < -0.39 is 0 Å². The fraction of sp³-hybridized carbons (Fsp3) is 0.583. The van der Waals surface area contributed by atoms with Gasteiger partial charge in [-0.05, 0) is 34.8 Å². The summed E-state index contributed by atoms with van der Waals surface area (Å²) in [6, 6.07) is 2.12. The minimum Gasteiger partial charge on any atom is -0.396 e. The van der Waals surface area contributed by atoms with E-state index in [0.717, 1.165) is 23.1 Å². The van der Waals surface area contributed by atoms with Gasteiger partial charge in [0.25, 0.3) is 0 Å². The highest BCUT2D eigenvalue weighted by Gasteiger charge is 2.25. The zero-order chi connectivity index (χ0) is 12.3. The van der Waals surface area contributed by atoms with Gasteiger partial charge in [-0.3, -0.25) is 0 Å². The Hall–Kier alpha value is -0.810. The molecule has 4 N–H and O–H groups in total. The van der Waals surface area contributed by atoms with Crippen LogP contribution >= 0.6 is 15.9 Å². The molecule has 2 rings (SSSR count). The highest BCUT2D eigenvalue weighted by Crippen LogP contribution is 2.28. The zero-order valence-corrected chi connectivity index (χ0v) is 11.3. The molecule has 0 aromatic carbocycles. The number of hydrogen-bond acceptors (Lipinski definition) is 4. The average molecular weight is 300 g/mol. The fourth-order valence-electron chi connectivity index (χ4n) is 2.37. The molecule has 17 heavy (non-hydrogen) atoms. The Kier molecular flexibility index (Phi) is 4.23. The molecule has 1 aliphatic carbocycles. The van der Waals surface area contributed by atoms with Crippen LogP contribution in [0.1, 0.15) is 25.7 Å². The van der Waals surface area contributed by atoms with Crippen LogP contribution in [0.2, 0.25) is 0 Å².